The lowest BCUT2D eigenvalue weighted by Crippen LogP contribution is -2.01. The van der Waals surface area contributed by atoms with Crippen molar-refractivity contribution in [1.29, 1.82) is 0 Å². The van der Waals surface area contributed by atoms with Crippen LogP contribution in [-0.4, -0.2) is 15.7 Å². The molecule has 22 heavy (non-hydrogen) atoms. The van der Waals surface area contributed by atoms with Crippen LogP contribution in [0.3, 0.4) is 0 Å². The first-order chi connectivity index (χ1) is 10.4. The van der Waals surface area contributed by atoms with E-state index in [9.17, 15) is 9.00 Å². The van der Waals surface area contributed by atoms with E-state index in [2.05, 4.69) is 23.0 Å². The molecule has 3 heteroatoms. The summed E-state index contributed by atoms with van der Waals surface area (Å²) in [6.07, 6.45) is 2.28. The zero-order valence-electron chi connectivity index (χ0n) is 13.4. The Hall–Kier alpha value is -1.84. The van der Waals surface area contributed by atoms with Crippen LogP contribution in [0.1, 0.15) is 50.4 Å². The third-order valence-corrected chi connectivity index (χ3v) is 3.65. The summed E-state index contributed by atoms with van der Waals surface area (Å²) in [6.45, 7) is 5.99. The van der Waals surface area contributed by atoms with Crippen molar-refractivity contribution in [3.05, 3.63) is 35.9 Å². The molecule has 0 fully saturated rings. The quantitative estimate of drug-likeness (QED) is 0.358. The molecule has 0 aromatic heterocycles. The van der Waals surface area contributed by atoms with Crippen LogP contribution in [-0.2, 0) is 10.8 Å². The van der Waals surface area contributed by atoms with E-state index in [-0.39, 0.29) is 11.2 Å². The molecule has 0 heterocycles. The molecule has 0 N–H and O–H groups in total. The van der Waals surface area contributed by atoms with Crippen molar-refractivity contribution in [2.75, 3.05) is 5.75 Å². The Morgan fingerprint density at radius 2 is 1.82 bits per heavy atom. The Balaban J connectivity index is 2.26. The summed E-state index contributed by atoms with van der Waals surface area (Å²) in [5.74, 6) is 8.92. The van der Waals surface area contributed by atoms with Gasteiger partial charge in [0.05, 0.1) is 10.8 Å². The normalized spacial score (nSPS) is 11.6. The van der Waals surface area contributed by atoms with Gasteiger partial charge in [-0.2, -0.15) is 0 Å². The highest BCUT2D eigenvalue weighted by Crippen LogP contribution is 2.10. The largest absolute Gasteiger partial charge is 0.279 e. The minimum atomic E-state index is -1.09. The van der Waals surface area contributed by atoms with E-state index < -0.39 is 10.8 Å². The monoisotopic (exact) mass is 314 g/mol. The lowest BCUT2D eigenvalue weighted by molar-refractivity contribution is 0.105. The lowest BCUT2D eigenvalue weighted by Gasteiger charge is -2.06. The predicted molar refractivity (Wildman–Crippen MR) is 92.6 cm³/mol. The SMILES string of the molecule is CC(C)(C)C#CS(=O)CCCCC#CC(=O)c1ccccc1. The van der Waals surface area contributed by atoms with E-state index in [1.54, 1.807) is 12.1 Å². The van der Waals surface area contributed by atoms with Gasteiger partial charge >= 0.3 is 0 Å². The van der Waals surface area contributed by atoms with Crippen LogP contribution in [0.15, 0.2) is 30.3 Å². The van der Waals surface area contributed by atoms with Crippen molar-refractivity contribution in [1.82, 2.24) is 0 Å². The van der Waals surface area contributed by atoms with Gasteiger partial charge in [-0.05, 0) is 44.8 Å². The third kappa shape index (κ3) is 8.45. The van der Waals surface area contributed by atoms with Gasteiger partial charge in [-0.15, -0.1) is 0 Å². The minimum absolute atomic E-state index is 0.112. The van der Waals surface area contributed by atoms with Gasteiger partial charge in [0.15, 0.2) is 0 Å². The number of rotatable bonds is 5. The molecule has 0 amide bonds. The molecule has 0 aliphatic carbocycles. The van der Waals surface area contributed by atoms with Crippen LogP contribution in [0.5, 0.6) is 0 Å². The van der Waals surface area contributed by atoms with Crippen molar-refractivity contribution < 1.29 is 9.00 Å². The molecule has 0 spiro atoms. The van der Waals surface area contributed by atoms with Crippen LogP contribution < -0.4 is 0 Å². The molecule has 1 aromatic rings. The summed E-state index contributed by atoms with van der Waals surface area (Å²) in [4.78, 5) is 11.7. The second kappa shape index (κ2) is 9.23. The fourth-order valence-electron chi connectivity index (χ4n) is 1.51. The van der Waals surface area contributed by atoms with Crippen LogP contribution >= 0.6 is 0 Å². The topological polar surface area (TPSA) is 34.1 Å². The second-order valence-electron chi connectivity index (χ2n) is 5.98. The molecule has 0 saturated carbocycles. The Morgan fingerprint density at radius 3 is 2.45 bits per heavy atom. The van der Waals surface area contributed by atoms with E-state index in [1.165, 1.54) is 0 Å². The zero-order valence-corrected chi connectivity index (χ0v) is 14.3. The molecule has 1 unspecified atom stereocenters. The predicted octanol–water partition coefficient (Wildman–Crippen LogP) is 3.80. The van der Waals surface area contributed by atoms with Crippen LogP contribution in [0, 0.1) is 28.4 Å². The van der Waals surface area contributed by atoms with E-state index in [0.717, 1.165) is 12.8 Å². The first-order valence-corrected chi connectivity index (χ1v) is 8.70. The second-order valence-corrected chi connectivity index (χ2v) is 7.28. The van der Waals surface area contributed by atoms with Crippen molar-refractivity contribution in [2.45, 2.75) is 40.0 Å². The van der Waals surface area contributed by atoms with E-state index in [0.29, 0.717) is 17.7 Å². The van der Waals surface area contributed by atoms with Crippen molar-refractivity contribution in [3.8, 4) is 23.0 Å². The van der Waals surface area contributed by atoms with Gasteiger partial charge < -0.3 is 0 Å². The number of unbranched alkanes of at least 4 members (excludes halogenated alkanes) is 2. The highest BCUT2D eigenvalue weighted by molar-refractivity contribution is 7.89. The molecule has 1 aromatic carbocycles. The fourth-order valence-corrected chi connectivity index (χ4v) is 2.50. The maximum atomic E-state index is 11.7. The Morgan fingerprint density at radius 1 is 1.14 bits per heavy atom. The summed E-state index contributed by atoms with van der Waals surface area (Å²) in [5.41, 5.74) is 0.507. The molecule has 0 aliphatic heterocycles. The van der Waals surface area contributed by atoms with Gasteiger partial charge in [0.1, 0.15) is 0 Å². The molecule has 2 nitrogen and oxygen atoms in total. The van der Waals surface area contributed by atoms with Crippen LogP contribution in [0.4, 0.5) is 0 Å². The molecule has 0 bridgehead atoms. The molecule has 1 atom stereocenters. The maximum absolute atomic E-state index is 11.7. The van der Waals surface area contributed by atoms with Crippen LogP contribution in [0.2, 0.25) is 0 Å². The standard InChI is InChI=1S/C19H22O2S/c1-19(2,3)14-16-22(21)15-10-5-4-9-13-18(20)17-11-7-6-8-12-17/h6-8,11-12H,4-5,10,15H2,1-3H3. The molecule has 1 rings (SSSR count). The molecule has 0 radical (unpaired) electrons. The average Bonchev–Trinajstić information content (AvgIpc) is 2.48. The highest BCUT2D eigenvalue weighted by atomic mass is 32.2. The molecule has 0 aliphatic rings. The fraction of sp³-hybridized carbons (Fsp3) is 0.421. The summed E-state index contributed by atoms with van der Waals surface area (Å²) in [5, 5.41) is 2.79. The summed E-state index contributed by atoms with van der Waals surface area (Å²) >= 11 is 0. The molecule has 0 saturated heterocycles. The Labute approximate surface area is 136 Å². The number of hydrogen-bond donors (Lipinski definition) is 0. The van der Waals surface area contributed by atoms with Crippen molar-refractivity contribution in [3.63, 3.8) is 0 Å². The number of Topliss-reactive ketones (excluding diaryl/α,β-unsaturated/α-hetero) is 1. The van der Waals surface area contributed by atoms with E-state index in [1.807, 2.05) is 39.0 Å². The molecular formula is C19H22O2S. The zero-order chi connectivity index (χ0) is 16.4. The number of carbonyl (C=O) groups is 1. The average molecular weight is 314 g/mol. The number of carbonyl (C=O) groups excluding carboxylic acids is 1. The maximum Gasteiger partial charge on any atom is 0.235 e. The van der Waals surface area contributed by atoms with E-state index >= 15 is 0 Å². The van der Waals surface area contributed by atoms with Gasteiger partial charge in [-0.1, -0.05) is 42.2 Å². The molecular weight excluding hydrogens is 292 g/mol. The Bertz CT molecular complexity index is 631. The minimum Gasteiger partial charge on any atom is -0.279 e. The smallest absolute Gasteiger partial charge is 0.235 e. The number of benzene rings is 1. The number of ketones is 1. The Kier molecular flexibility index (Phi) is 7.64. The third-order valence-electron chi connectivity index (χ3n) is 2.66. The highest BCUT2D eigenvalue weighted by Gasteiger charge is 2.04. The summed E-state index contributed by atoms with van der Waals surface area (Å²) < 4.78 is 11.7. The molecule has 116 valence electrons. The first kappa shape index (κ1) is 18.2. The van der Waals surface area contributed by atoms with E-state index in [4.69, 9.17) is 0 Å². The lowest BCUT2D eigenvalue weighted by atomic mass is 9.99. The van der Waals surface area contributed by atoms with Gasteiger partial charge in [-0.25, -0.2) is 4.21 Å². The van der Waals surface area contributed by atoms with Crippen LogP contribution in [0.25, 0.3) is 0 Å². The van der Waals surface area contributed by atoms with Crippen molar-refractivity contribution >= 4 is 16.6 Å². The van der Waals surface area contributed by atoms with Gasteiger partial charge in [0, 0.05) is 23.2 Å². The number of hydrogen-bond acceptors (Lipinski definition) is 2. The first-order valence-electron chi connectivity index (χ1n) is 7.38. The summed E-state index contributed by atoms with van der Waals surface area (Å²) in [7, 11) is -1.09. The van der Waals surface area contributed by atoms with Gasteiger partial charge in [0.25, 0.3) is 0 Å². The van der Waals surface area contributed by atoms with Gasteiger partial charge in [0.2, 0.25) is 5.78 Å². The van der Waals surface area contributed by atoms with Crippen molar-refractivity contribution in [2.24, 2.45) is 5.41 Å². The summed E-state index contributed by atoms with van der Waals surface area (Å²) in [6, 6.07) is 9.03. The van der Waals surface area contributed by atoms with Gasteiger partial charge in [-0.3, -0.25) is 4.79 Å².